The van der Waals surface area contributed by atoms with Crippen molar-refractivity contribution in [1.82, 2.24) is 0 Å². The molecule has 0 bridgehead atoms. The molecule has 1 aromatic carbocycles. The standard InChI is InChI=1S/C15H17NO3/c1-10-3-8-14(19-10)15(17)13(9-16)11-4-6-12(18-2)7-5-11/h4-7,10,13-14H,3,8H2,1-2H3. The molecule has 1 aromatic rings. The van der Waals surface area contributed by atoms with Gasteiger partial charge in [-0.2, -0.15) is 5.26 Å². The number of nitriles is 1. The van der Waals surface area contributed by atoms with Crippen LogP contribution in [0.1, 0.15) is 31.2 Å². The zero-order valence-corrected chi connectivity index (χ0v) is 11.1. The number of hydrogen-bond acceptors (Lipinski definition) is 4. The number of ketones is 1. The third-order valence-corrected chi connectivity index (χ3v) is 3.41. The van der Waals surface area contributed by atoms with Crippen LogP contribution < -0.4 is 4.74 Å². The van der Waals surface area contributed by atoms with Crippen LogP contribution in [0, 0.1) is 11.3 Å². The zero-order valence-electron chi connectivity index (χ0n) is 11.1. The van der Waals surface area contributed by atoms with Gasteiger partial charge in [0.1, 0.15) is 17.8 Å². The summed E-state index contributed by atoms with van der Waals surface area (Å²) >= 11 is 0. The van der Waals surface area contributed by atoms with Gasteiger partial charge in [0.05, 0.1) is 19.3 Å². The number of carbonyl (C=O) groups excluding carboxylic acids is 1. The van der Waals surface area contributed by atoms with Crippen molar-refractivity contribution in [2.75, 3.05) is 7.11 Å². The van der Waals surface area contributed by atoms with Crippen LogP contribution in [0.15, 0.2) is 24.3 Å². The van der Waals surface area contributed by atoms with E-state index in [0.29, 0.717) is 17.7 Å². The van der Waals surface area contributed by atoms with E-state index in [2.05, 4.69) is 6.07 Å². The first-order valence-corrected chi connectivity index (χ1v) is 6.38. The lowest BCUT2D eigenvalue weighted by Crippen LogP contribution is -2.26. The van der Waals surface area contributed by atoms with Crippen LogP contribution in [0.25, 0.3) is 0 Å². The molecule has 1 saturated heterocycles. The molecule has 0 spiro atoms. The summed E-state index contributed by atoms with van der Waals surface area (Å²) in [5.74, 6) is -0.197. The number of Topliss-reactive ketones (excluding diaryl/α,β-unsaturated/α-hetero) is 1. The summed E-state index contributed by atoms with van der Waals surface area (Å²) in [5.41, 5.74) is 0.691. The molecule has 1 aliphatic heterocycles. The van der Waals surface area contributed by atoms with Gasteiger partial charge in [-0.25, -0.2) is 0 Å². The molecule has 2 rings (SSSR count). The highest BCUT2D eigenvalue weighted by Crippen LogP contribution is 2.27. The highest BCUT2D eigenvalue weighted by Gasteiger charge is 2.33. The average molecular weight is 259 g/mol. The molecule has 1 aliphatic rings. The number of rotatable bonds is 4. The van der Waals surface area contributed by atoms with Gasteiger partial charge in [0.2, 0.25) is 0 Å². The maximum absolute atomic E-state index is 12.3. The Hall–Kier alpha value is -1.86. The minimum absolute atomic E-state index is 0.101. The van der Waals surface area contributed by atoms with Crippen molar-refractivity contribution >= 4 is 5.78 Å². The van der Waals surface area contributed by atoms with Crippen LogP contribution in [0.3, 0.4) is 0 Å². The third-order valence-electron chi connectivity index (χ3n) is 3.41. The largest absolute Gasteiger partial charge is 0.497 e. The maximum Gasteiger partial charge on any atom is 0.183 e. The number of hydrogen-bond donors (Lipinski definition) is 0. The van der Waals surface area contributed by atoms with Crippen molar-refractivity contribution in [3.05, 3.63) is 29.8 Å². The Labute approximate surface area is 112 Å². The molecule has 4 nitrogen and oxygen atoms in total. The van der Waals surface area contributed by atoms with Crippen molar-refractivity contribution in [1.29, 1.82) is 5.26 Å². The van der Waals surface area contributed by atoms with Crippen LogP contribution >= 0.6 is 0 Å². The molecule has 3 unspecified atom stereocenters. The summed E-state index contributed by atoms with van der Waals surface area (Å²) < 4.78 is 10.6. The normalized spacial score (nSPS) is 23.6. The Balaban J connectivity index is 2.15. The number of carbonyl (C=O) groups is 1. The predicted molar refractivity (Wildman–Crippen MR) is 69.9 cm³/mol. The van der Waals surface area contributed by atoms with E-state index in [1.807, 2.05) is 6.92 Å². The van der Waals surface area contributed by atoms with Crippen LogP contribution in [-0.4, -0.2) is 25.1 Å². The van der Waals surface area contributed by atoms with Crippen LogP contribution in [-0.2, 0) is 9.53 Å². The highest BCUT2D eigenvalue weighted by atomic mass is 16.5. The second-order valence-electron chi connectivity index (χ2n) is 4.75. The summed E-state index contributed by atoms with van der Waals surface area (Å²) in [6.45, 7) is 1.95. The fourth-order valence-electron chi connectivity index (χ4n) is 2.30. The van der Waals surface area contributed by atoms with Gasteiger partial charge in [-0.15, -0.1) is 0 Å². The van der Waals surface area contributed by atoms with Crippen LogP contribution in [0.2, 0.25) is 0 Å². The van der Waals surface area contributed by atoms with Crippen molar-refractivity contribution < 1.29 is 14.3 Å². The molecule has 3 atom stereocenters. The lowest BCUT2D eigenvalue weighted by molar-refractivity contribution is -0.129. The van der Waals surface area contributed by atoms with Gasteiger partial charge in [-0.3, -0.25) is 4.79 Å². The molecule has 0 radical (unpaired) electrons. The van der Waals surface area contributed by atoms with E-state index in [1.54, 1.807) is 31.4 Å². The molecule has 0 saturated carbocycles. The fraction of sp³-hybridized carbons (Fsp3) is 0.467. The number of methoxy groups -OCH3 is 1. The van der Waals surface area contributed by atoms with Crippen LogP contribution in [0.4, 0.5) is 0 Å². The lowest BCUT2D eigenvalue weighted by Gasteiger charge is -2.14. The van der Waals surface area contributed by atoms with Crippen molar-refractivity contribution in [3.63, 3.8) is 0 Å². The highest BCUT2D eigenvalue weighted by molar-refractivity contribution is 5.92. The fourth-order valence-corrected chi connectivity index (χ4v) is 2.30. The van der Waals surface area contributed by atoms with Crippen molar-refractivity contribution in [3.8, 4) is 11.8 Å². The van der Waals surface area contributed by atoms with E-state index in [-0.39, 0.29) is 11.9 Å². The molecule has 100 valence electrons. The van der Waals surface area contributed by atoms with Gasteiger partial charge in [-0.1, -0.05) is 12.1 Å². The number of ether oxygens (including phenoxy) is 2. The smallest absolute Gasteiger partial charge is 0.183 e. The maximum atomic E-state index is 12.3. The Kier molecular flexibility index (Phi) is 4.18. The molecular weight excluding hydrogens is 242 g/mol. The number of benzene rings is 1. The Morgan fingerprint density at radius 2 is 2.11 bits per heavy atom. The van der Waals surface area contributed by atoms with Gasteiger partial charge in [-0.05, 0) is 37.5 Å². The van der Waals surface area contributed by atoms with Crippen molar-refractivity contribution in [2.24, 2.45) is 0 Å². The number of nitrogens with zero attached hydrogens (tertiary/aromatic N) is 1. The van der Waals surface area contributed by atoms with Gasteiger partial charge < -0.3 is 9.47 Å². The van der Waals surface area contributed by atoms with Gasteiger partial charge in [0.25, 0.3) is 0 Å². The topological polar surface area (TPSA) is 59.3 Å². The molecule has 1 fully saturated rings. The predicted octanol–water partition coefficient (Wildman–Crippen LogP) is 2.44. The Morgan fingerprint density at radius 1 is 1.42 bits per heavy atom. The quantitative estimate of drug-likeness (QED) is 0.833. The van der Waals surface area contributed by atoms with Gasteiger partial charge in [0, 0.05) is 0 Å². The first kappa shape index (κ1) is 13.6. The second-order valence-corrected chi connectivity index (χ2v) is 4.75. The zero-order chi connectivity index (χ0) is 13.8. The summed E-state index contributed by atoms with van der Waals surface area (Å²) in [7, 11) is 1.58. The van der Waals surface area contributed by atoms with E-state index < -0.39 is 12.0 Å². The first-order valence-electron chi connectivity index (χ1n) is 6.38. The molecule has 0 N–H and O–H groups in total. The lowest BCUT2D eigenvalue weighted by atomic mass is 9.92. The molecule has 1 heterocycles. The summed E-state index contributed by atoms with van der Waals surface area (Å²) in [6, 6.07) is 9.09. The first-order chi connectivity index (χ1) is 9.15. The van der Waals surface area contributed by atoms with E-state index in [1.165, 1.54) is 0 Å². The van der Waals surface area contributed by atoms with E-state index in [4.69, 9.17) is 9.47 Å². The Bertz CT molecular complexity index is 489. The molecular formula is C15H17NO3. The van der Waals surface area contributed by atoms with Crippen LogP contribution in [0.5, 0.6) is 5.75 Å². The molecule has 19 heavy (non-hydrogen) atoms. The van der Waals surface area contributed by atoms with Gasteiger partial charge >= 0.3 is 0 Å². The average Bonchev–Trinajstić information content (AvgIpc) is 2.87. The Morgan fingerprint density at radius 3 is 2.58 bits per heavy atom. The van der Waals surface area contributed by atoms with E-state index in [0.717, 1.165) is 6.42 Å². The molecule has 0 aliphatic carbocycles. The molecule has 0 aromatic heterocycles. The minimum atomic E-state index is -0.763. The van der Waals surface area contributed by atoms with Crippen molar-refractivity contribution in [2.45, 2.75) is 37.9 Å². The molecule has 4 heteroatoms. The molecule has 0 amide bonds. The summed E-state index contributed by atoms with van der Waals surface area (Å²) in [4.78, 5) is 12.3. The SMILES string of the molecule is COc1ccc(C(C#N)C(=O)C2CCC(C)O2)cc1. The third kappa shape index (κ3) is 2.94. The summed E-state index contributed by atoms with van der Waals surface area (Å²) in [5, 5.41) is 9.24. The van der Waals surface area contributed by atoms with E-state index in [9.17, 15) is 10.1 Å². The monoisotopic (exact) mass is 259 g/mol. The van der Waals surface area contributed by atoms with E-state index >= 15 is 0 Å². The minimum Gasteiger partial charge on any atom is -0.497 e. The second kappa shape index (κ2) is 5.85. The van der Waals surface area contributed by atoms with Gasteiger partial charge in [0.15, 0.2) is 5.78 Å². The summed E-state index contributed by atoms with van der Waals surface area (Å²) in [6.07, 6.45) is 1.23.